The van der Waals surface area contributed by atoms with Gasteiger partial charge in [0.25, 0.3) is 0 Å². The first-order valence-corrected chi connectivity index (χ1v) is 5.97. The number of ether oxygens (including phenoxy) is 1. The molecule has 0 aromatic heterocycles. The Kier molecular flexibility index (Phi) is 2.62. The van der Waals surface area contributed by atoms with Gasteiger partial charge >= 0.3 is 0 Å². The van der Waals surface area contributed by atoms with Gasteiger partial charge in [-0.3, -0.25) is 4.90 Å². The van der Waals surface area contributed by atoms with E-state index in [1.807, 2.05) is 12.1 Å². The first-order chi connectivity index (χ1) is 8.38. The van der Waals surface area contributed by atoms with E-state index in [-0.39, 0.29) is 0 Å². The summed E-state index contributed by atoms with van der Waals surface area (Å²) in [5.41, 5.74) is 4.11. The van der Waals surface area contributed by atoms with Crippen molar-refractivity contribution in [1.82, 2.24) is 4.90 Å². The Labute approximate surface area is 102 Å². The number of para-hydroxylation sites is 1. The molecule has 0 bridgehead atoms. The van der Waals surface area contributed by atoms with Gasteiger partial charge in [-0.05, 0) is 23.6 Å². The monoisotopic (exact) mass is 225 g/mol. The average Bonchev–Trinajstić information content (AvgIpc) is 2.39. The van der Waals surface area contributed by atoms with Crippen molar-refractivity contribution in [3.8, 4) is 18.1 Å². The molecule has 0 saturated carbocycles. The molecule has 2 nitrogen and oxygen atoms in total. The topological polar surface area (TPSA) is 12.5 Å². The summed E-state index contributed by atoms with van der Waals surface area (Å²) < 4.78 is 5.77. The Morgan fingerprint density at radius 2 is 2.24 bits per heavy atom. The number of nitrogens with zero attached hydrogens (tertiary/aromatic N) is 1. The highest BCUT2D eigenvalue weighted by atomic mass is 16.5. The lowest BCUT2D eigenvalue weighted by Gasteiger charge is -2.33. The molecule has 2 aliphatic heterocycles. The zero-order chi connectivity index (χ0) is 11.7. The first kappa shape index (κ1) is 10.4. The van der Waals surface area contributed by atoms with Gasteiger partial charge < -0.3 is 4.74 Å². The van der Waals surface area contributed by atoms with Crippen molar-refractivity contribution in [2.45, 2.75) is 6.42 Å². The average molecular weight is 225 g/mol. The van der Waals surface area contributed by atoms with Crippen LogP contribution in [0.1, 0.15) is 12.0 Å². The number of terminal acetylenes is 1. The van der Waals surface area contributed by atoms with Gasteiger partial charge in [0.05, 0.1) is 6.54 Å². The van der Waals surface area contributed by atoms with Crippen molar-refractivity contribution >= 4 is 5.57 Å². The van der Waals surface area contributed by atoms with Crippen LogP contribution in [0.2, 0.25) is 0 Å². The Bertz CT molecular complexity index is 510. The van der Waals surface area contributed by atoms with Gasteiger partial charge in [-0.15, -0.1) is 6.42 Å². The highest BCUT2D eigenvalue weighted by Crippen LogP contribution is 2.36. The van der Waals surface area contributed by atoms with E-state index in [1.54, 1.807) is 0 Å². The van der Waals surface area contributed by atoms with Gasteiger partial charge in [-0.25, -0.2) is 0 Å². The molecule has 0 spiro atoms. The predicted octanol–water partition coefficient (Wildman–Crippen LogP) is 2.17. The van der Waals surface area contributed by atoms with E-state index < -0.39 is 0 Å². The zero-order valence-corrected chi connectivity index (χ0v) is 9.78. The minimum atomic E-state index is 0.736. The summed E-state index contributed by atoms with van der Waals surface area (Å²) in [4.78, 5) is 2.32. The molecule has 0 aliphatic carbocycles. The number of fused-ring (bicyclic) bond motifs is 2. The maximum Gasteiger partial charge on any atom is 0.127 e. The summed E-state index contributed by atoms with van der Waals surface area (Å²) in [6, 6.07) is 8.27. The lowest BCUT2D eigenvalue weighted by Crippen LogP contribution is -2.34. The van der Waals surface area contributed by atoms with E-state index in [0.717, 1.165) is 38.4 Å². The fourth-order valence-electron chi connectivity index (χ4n) is 2.56. The SMILES string of the molecule is C#CCN1CCC2=C(C1)c1ccccc1OC2. The Hall–Kier alpha value is -1.72. The number of hydrogen-bond acceptors (Lipinski definition) is 2. The van der Waals surface area contributed by atoms with Crippen LogP contribution >= 0.6 is 0 Å². The van der Waals surface area contributed by atoms with E-state index in [0.29, 0.717) is 0 Å². The summed E-state index contributed by atoms with van der Waals surface area (Å²) in [5, 5.41) is 0. The van der Waals surface area contributed by atoms with Crippen LogP contribution in [-0.4, -0.2) is 31.1 Å². The largest absolute Gasteiger partial charge is 0.489 e. The normalized spacial score (nSPS) is 19.0. The summed E-state index contributed by atoms with van der Waals surface area (Å²) in [7, 11) is 0. The smallest absolute Gasteiger partial charge is 0.127 e. The lowest BCUT2D eigenvalue weighted by molar-refractivity contribution is 0.295. The van der Waals surface area contributed by atoms with Crippen molar-refractivity contribution in [2.75, 3.05) is 26.2 Å². The molecule has 0 amide bonds. The zero-order valence-electron chi connectivity index (χ0n) is 9.78. The summed E-state index contributed by atoms with van der Waals surface area (Å²) in [5.74, 6) is 3.74. The molecule has 1 aromatic carbocycles. The molecule has 0 saturated heterocycles. The molecule has 2 aliphatic rings. The van der Waals surface area contributed by atoms with E-state index in [2.05, 4.69) is 23.0 Å². The number of benzene rings is 1. The number of hydrogen-bond donors (Lipinski definition) is 0. The fourth-order valence-corrected chi connectivity index (χ4v) is 2.56. The van der Waals surface area contributed by atoms with Crippen LogP contribution < -0.4 is 4.74 Å². The van der Waals surface area contributed by atoms with Crippen LogP contribution in [0.15, 0.2) is 29.8 Å². The predicted molar refractivity (Wildman–Crippen MR) is 68.7 cm³/mol. The van der Waals surface area contributed by atoms with E-state index in [4.69, 9.17) is 11.2 Å². The fraction of sp³-hybridized carbons (Fsp3) is 0.333. The Morgan fingerprint density at radius 3 is 3.12 bits per heavy atom. The molecule has 1 aromatic rings. The van der Waals surface area contributed by atoms with Crippen LogP contribution in [0.4, 0.5) is 0 Å². The molecule has 86 valence electrons. The van der Waals surface area contributed by atoms with Crippen LogP contribution in [0, 0.1) is 12.3 Å². The third-order valence-corrected chi connectivity index (χ3v) is 3.47. The van der Waals surface area contributed by atoms with Gasteiger partial charge in [-0.1, -0.05) is 24.1 Å². The maximum absolute atomic E-state index is 5.77. The summed E-state index contributed by atoms with van der Waals surface area (Å²) in [6.07, 6.45) is 6.46. The van der Waals surface area contributed by atoms with Crippen LogP contribution in [0.25, 0.3) is 5.57 Å². The molecule has 0 N–H and O–H groups in total. The Balaban J connectivity index is 1.96. The third kappa shape index (κ3) is 1.83. The van der Waals surface area contributed by atoms with Gasteiger partial charge in [-0.2, -0.15) is 0 Å². The van der Waals surface area contributed by atoms with Gasteiger partial charge in [0.2, 0.25) is 0 Å². The van der Waals surface area contributed by atoms with Crippen LogP contribution in [0.5, 0.6) is 5.75 Å². The second-order valence-electron chi connectivity index (χ2n) is 4.53. The first-order valence-electron chi connectivity index (χ1n) is 5.97. The molecule has 2 heterocycles. The van der Waals surface area contributed by atoms with Gasteiger partial charge in [0.1, 0.15) is 12.4 Å². The van der Waals surface area contributed by atoms with Crippen molar-refractivity contribution in [1.29, 1.82) is 0 Å². The number of rotatable bonds is 1. The van der Waals surface area contributed by atoms with E-state index in [1.165, 1.54) is 16.7 Å². The highest BCUT2D eigenvalue weighted by molar-refractivity contribution is 5.76. The molecular weight excluding hydrogens is 210 g/mol. The molecule has 0 unspecified atom stereocenters. The Morgan fingerprint density at radius 1 is 1.35 bits per heavy atom. The second kappa shape index (κ2) is 4.27. The lowest BCUT2D eigenvalue weighted by atomic mass is 9.92. The van der Waals surface area contributed by atoms with Crippen LogP contribution in [-0.2, 0) is 0 Å². The van der Waals surface area contributed by atoms with Crippen molar-refractivity contribution in [2.24, 2.45) is 0 Å². The molecule has 2 heteroatoms. The second-order valence-corrected chi connectivity index (χ2v) is 4.53. The molecule has 0 fully saturated rings. The molecule has 0 atom stereocenters. The van der Waals surface area contributed by atoms with Gasteiger partial charge in [0, 0.05) is 18.7 Å². The van der Waals surface area contributed by atoms with Gasteiger partial charge in [0.15, 0.2) is 0 Å². The molecular formula is C15H15NO. The van der Waals surface area contributed by atoms with Crippen molar-refractivity contribution in [3.05, 3.63) is 35.4 Å². The van der Waals surface area contributed by atoms with Crippen LogP contribution in [0.3, 0.4) is 0 Å². The summed E-state index contributed by atoms with van der Waals surface area (Å²) in [6.45, 7) is 3.49. The van der Waals surface area contributed by atoms with Crippen molar-refractivity contribution < 1.29 is 4.74 Å². The standard InChI is InChI=1S/C15H15NO/c1-2-8-16-9-7-12-11-17-15-6-4-3-5-13(15)14(12)10-16/h1,3-6H,7-11H2. The summed E-state index contributed by atoms with van der Waals surface area (Å²) >= 11 is 0. The maximum atomic E-state index is 5.77. The van der Waals surface area contributed by atoms with Crippen molar-refractivity contribution in [3.63, 3.8) is 0 Å². The molecule has 17 heavy (non-hydrogen) atoms. The minimum Gasteiger partial charge on any atom is -0.489 e. The molecule has 0 radical (unpaired) electrons. The quantitative estimate of drug-likeness (QED) is 0.679. The van der Waals surface area contributed by atoms with E-state index in [9.17, 15) is 0 Å². The third-order valence-electron chi connectivity index (χ3n) is 3.47. The van der Waals surface area contributed by atoms with E-state index >= 15 is 0 Å². The minimum absolute atomic E-state index is 0.736. The molecule has 3 rings (SSSR count). The highest BCUT2D eigenvalue weighted by Gasteiger charge is 2.25.